The van der Waals surface area contributed by atoms with Crippen molar-refractivity contribution in [1.29, 1.82) is 0 Å². The average Bonchev–Trinajstić information content (AvgIpc) is 1.38. The summed E-state index contributed by atoms with van der Waals surface area (Å²) in [5.41, 5.74) is 0. The molecule has 2 nitrogen and oxygen atoms in total. The van der Waals surface area contributed by atoms with Crippen LogP contribution in [-0.4, -0.2) is 94.3 Å². The molecule has 0 aromatic heterocycles. The van der Waals surface area contributed by atoms with Crippen LogP contribution in [0.2, 0.25) is 0 Å². The molecule has 0 fully saturated rings. The molecule has 0 bridgehead atoms. The first-order chi connectivity index (χ1) is 2.27. The van der Waals surface area contributed by atoms with Crippen molar-refractivity contribution in [3.63, 3.8) is 0 Å². The molecule has 0 saturated carbocycles. The van der Waals surface area contributed by atoms with Crippen LogP contribution < -0.4 is 0 Å². The molecule has 0 spiro atoms. The molecule has 0 aliphatic heterocycles. The molecule has 4 heteroatoms. The molecule has 0 aromatic rings. The van der Waals surface area contributed by atoms with Crippen molar-refractivity contribution in [1.82, 2.24) is 0 Å². The zero-order chi connectivity index (χ0) is 4.28. The van der Waals surface area contributed by atoms with Crippen molar-refractivity contribution in [2.75, 3.05) is 0 Å². The molecule has 0 aliphatic rings. The van der Waals surface area contributed by atoms with Gasteiger partial charge in [-0.25, -0.2) is 0 Å². The van der Waals surface area contributed by atoms with E-state index in [4.69, 9.17) is 5.11 Å². The van der Waals surface area contributed by atoms with Crippen molar-refractivity contribution in [3.05, 3.63) is 0 Å². The Morgan fingerprint density at radius 1 is 1.86 bits per heavy atom. The third kappa shape index (κ3) is 17.9. The minimum atomic E-state index is -0.745. The van der Waals surface area contributed by atoms with Crippen LogP contribution in [0.25, 0.3) is 0 Å². The zero-order valence-electron chi connectivity index (χ0n) is 8.48. The number of carbonyl (C=O) groups is 1. The summed E-state index contributed by atoms with van der Waals surface area (Å²) < 4.78 is 0. The van der Waals surface area contributed by atoms with Gasteiger partial charge in [-0.05, 0) is 0 Å². The average molecular weight is 206 g/mol. The van der Waals surface area contributed by atoms with E-state index in [0.717, 1.165) is 0 Å². The minimum Gasteiger partial charge on any atom is -1.00 e. The Labute approximate surface area is 116 Å². The maximum Gasteiger partial charge on any atom is 2.00 e. The summed E-state index contributed by atoms with van der Waals surface area (Å²) >= 11 is 0. The van der Waals surface area contributed by atoms with Gasteiger partial charge in [-0.15, -0.1) is 0 Å². The van der Waals surface area contributed by atoms with Crippen LogP contribution in [0.15, 0.2) is 0 Å². The van der Waals surface area contributed by atoms with E-state index in [0.29, 0.717) is 0 Å². The van der Waals surface area contributed by atoms with E-state index in [9.17, 15) is 4.79 Å². The Balaban J connectivity index is -0.00000000533. The maximum atomic E-state index is 9.37. The molecule has 0 heterocycles. The monoisotopic (exact) mass is 206 g/mol. The van der Waals surface area contributed by atoms with Crippen LogP contribution in [0.4, 0.5) is 0 Å². The third-order valence-electron chi connectivity index (χ3n) is 0.302. The summed E-state index contributed by atoms with van der Waals surface area (Å²) in [6.07, 6.45) is 0.222. The molecule has 1 N–H and O–H groups in total. The van der Waals surface area contributed by atoms with Crippen LogP contribution >= 0.6 is 0 Å². The van der Waals surface area contributed by atoms with Crippen molar-refractivity contribution in [3.8, 4) is 0 Å². The normalized spacial score (nSPS) is 5.29. The van der Waals surface area contributed by atoms with Gasteiger partial charge >= 0.3 is 89.2 Å². The number of hydrogen-bond donors (Lipinski definition) is 1. The molecule has 0 unspecified atom stereocenters. The first-order valence-electron chi connectivity index (χ1n) is 1.49. The second kappa shape index (κ2) is 11.1. The molecular weight excluding hydrogens is 196 g/mol. The molecule has 0 radical (unpaired) electrons. The second-order valence-electron chi connectivity index (χ2n) is 0.747. The van der Waals surface area contributed by atoms with E-state index < -0.39 is 5.97 Å². The van der Waals surface area contributed by atoms with Crippen LogP contribution in [0.1, 0.15) is 19.1 Å². The molecular formula is C3H10CaO2Sr. The first-order valence-corrected chi connectivity index (χ1v) is 1.49. The van der Waals surface area contributed by atoms with Crippen molar-refractivity contribution < 1.29 is 15.6 Å². The quantitative estimate of drug-likeness (QED) is 0.620. The summed E-state index contributed by atoms with van der Waals surface area (Å²) in [5.74, 6) is -0.745. The van der Waals surface area contributed by atoms with E-state index in [-0.39, 0.29) is 95.3 Å². The molecule has 7 heavy (non-hydrogen) atoms. The molecule has 0 aromatic carbocycles. The molecule has 0 atom stereocenters. The fraction of sp³-hybridized carbons (Fsp3) is 0.667. The predicted octanol–water partition coefficient (Wildman–Crippen LogP) is 0.169. The van der Waals surface area contributed by atoms with Gasteiger partial charge in [-0.3, -0.25) is 4.79 Å². The Morgan fingerprint density at radius 2 is 2.00 bits per heavy atom. The van der Waals surface area contributed by atoms with Gasteiger partial charge in [0.05, 0.1) is 0 Å². The topological polar surface area (TPSA) is 37.3 Å². The first kappa shape index (κ1) is 16.1. The van der Waals surface area contributed by atoms with E-state index in [2.05, 4.69) is 0 Å². The number of carboxylic acids is 1. The van der Waals surface area contributed by atoms with Gasteiger partial charge in [-0.1, -0.05) is 6.92 Å². The Morgan fingerprint density at radius 3 is 2.00 bits per heavy atom. The Bertz CT molecular complexity index is 58.6. The largest absolute Gasteiger partial charge is 2.00 e. The predicted molar refractivity (Wildman–Crippen MR) is 33.9 cm³/mol. The second-order valence-corrected chi connectivity index (χ2v) is 0.747. The van der Waals surface area contributed by atoms with Crippen molar-refractivity contribution in [2.45, 2.75) is 13.3 Å². The molecule has 0 amide bonds. The van der Waals surface area contributed by atoms with Gasteiger partial charge < -0.3 is 10.8 Å². The summed E-state index contributed by atoms with van der Waals surface area (Å²) in [7, 11) is 0. The summed E-state index contributed by atoms with van der Waals surface area (Å²) in [5, 5.41) is 7.72. The third-order valence-corrected chi connectivity index (χ3v) is 0.302. The van der Waals surface area contributed by atoms with Gasteiger partial charge in [0.25, 0.3) is 0 Å². The van der Waals surface area contributed by atoms with Gasteiger partial charge in [0.15, 0.2) is 0 Å². The molecule has 0 rings (SSSR count). The van der Waals surface area contributed by atoms with Crippen LogP contribution in [0.3, 0.4) is 0 Å². The van der Waals surface area contributed by atoms with Crippen molar-refractivity contribution >= 4 is 89.2 Å². The van der Waals surface area contributed by atoms with Crippen molar-refractivity contribution in [2.24, 2.45) is 0 Å². The summed E-state index contributed by atoms with van der Waals surface area (Å²) in [6, 6.07) is 0. The molecule has 38 valence electrons. The summed E-state index contributed by atoms with van der Waals surface area (Å²) in [6.45, 7) is 1.60. The van der Waals surface area contributed by atoms with E-state index in [1.165, 1.54) is 0 Å². The van der Waals surface area contributed by atoms with E-state index in [1.807, 2.05) is 0 Å². The Kier molecular flexibility index (Phi) is 25.5. The molecule has 0 aliphatic carbocycles. The van der Waals surface area contributed by atoms with Crippen LogP contribution in [-0.2, 0) is 4.79 Å². The SMILES string of the molecule is CCC(=O)O.[Ca+2].[H-].[H-].[H-].[H-].[Sr+2]. The smallest absolute Gasteiger partial charge is 1.00 e. The number of carboxylic acid groups (broad SMARTS) is 1. The van der Waals surface area contributed by atoms with E-state index in [1.54, 1.807) is 6.92 Å². The number of hydrogen-bond acceptors (Lipinski definition) is 1. The fourth-order valence-corrected chi connectivity index (χ4v) is 0. The number of rotatable bonds is 1. The standard InChI is InChI=1S/C3H6O2.Ca.Sr.4H/c1-2-3(4)5;;;;;;/h2H2,1H3,(H,4,5);;;;;;/q;2*+2;4*-1. The van der Waals surface area contributed by atoms with Gasteiger partial charge in [0.1, 0.15) is 0 Å². The molecule has 0 saturated heterocycles. The minimum absolute atomic E-state index is 0. The van der Waals surface area contributed by atoms with E-state index >= 15 is 0 Å². The van der Waals surface area contributed by atoms with Crippen LogP contribution in [0.5, 0.6) is 0 Å². The maximum absolute atomic E-state index is 9.37. The number of aliphatic carboxylic acids is 1. The van der Waals surface area contributed by atoms with Crippen LogP contribution in [0, 0.1) is 0 Å². The van der Waals surface area contributed by atoms with Gasteiger partial charge in [0.2, 0.25) is 0 Å². The summed E-state index contributed by atoms with van der Waals surface area (Å²) in [4.78, 5) is 9.37. The fourth-order valence-electron chi connectivity index (χ4n) is 0. The van der Waals surface area contributed by atoms with Gasteiger partial charge in [-0.2, -0.15) is 0 Å². The van der Waals surface area contributed by atoms with Gasteiger partial charge in [0, 0.05) is 6.42 Å². The Hall–Kier alpha value is 2.21. The zero-order valence-corrected chi connectivity index (χ0v) is 10.2.